The molecule has 3 rings (SSSR count). The quantitative estimate of drug-likeness (QED) is 0.322. The molecule has 0 saturated heterocycles. The van der Waals surface area contributed by atoms with Crippen molar-refractivity contribution in [2.45, 2.75) is 6.61 Å². The SMILES string of the molecule is COc1cccc(/C=C/C(=O)c2cccs2)c1OCc1ccc(Cl)c(Cl)c1. The second kappa shape index (κ2) is 9.09. The van der Waals surface area contributed by atoms with Gasteiger partial charge in [0.15, 0.2) is 17.3 Å². The van der Waals surface area contributed by atoms with Crippen molar-refractivity contribution in [3.63, 3.8) is 0 Å². The number of thiophene rings is 1. The third kappa shape index (κ3) is 4.92. The molecule has 3 aromatic rings. The van der Waals surface area contributed by atoms with Crippen LogP contribution < -0.4 is 9.47 Å². The lowest BCUT2D eigenvalue weighted by atomic mass is 10.1. The topological polar surface area (TPSA) is 35.5 Å². The molecule has 0 N–H and O–H groups in total. The molecule has 2 aromatic carbocycles. The minimum atomic E-state index is -0.0525. The van der Waals surface area contributed by atoms with E-state index in [1.54, 1.807) is 31.4 Å². The highest BCUT2D eigenvalue weighted by atomic mass is 35.5. The third-order valence-corrected chi connectivity index (χ3v) is 5.40. The van der Waals surface area contributed by atoms with Crippen molar-refractivity contribution in [1.82, 2.24) is 0 Å². The highest BCUT2D eigenvalue weighted by molar-refractivity contribution is 7.12. The summed E-state index contributed by atoms with van der Waals surface area (Å²) < 4.78 is 11.4. The summed E-state index contributed by atoms with van der Waals surface area (Å²) in [5.41, 5.74) is 1.62. The average molecular weight is 419 g/mol. The number of ether oxygens (including phenoxy) is 2. The summed E-state index contributed by atoms with van der Waals surface area (Å²) in [4.78, 5) is 12.9. The van der Waals surface area contributed by atoms with Crippen LogP contribution in [0.25, 0.3) is 6.08 Å². The molecule has 6 heteroatoms. The van der Waals surface area contributed by atoms with E-state index >= 15 is 0 Å². The van der Waals surface area contributed by atoms with Crippen molar-refractivity contribution in [3.05, 3.63) is 86.0 Å². The summed E-state index contributed by atoms with van der Waals surface area (Å²) in [5.74, 6) is 1.09. The van der Waals surface area contributed by atoms with Crippen LogP contribution in [0.2, 0.25) is 10.0 Å². The zero-order chi connectivity index (χ0) is 19.2. The fraction of sp³-hybridized carbons (Fsp3) is 0.0952. The maximum Gasteiger partial charge on any atom is 0.195 e. The van der Waals surface area contributed by atoms with Gasteiger partial charge in [-0.3, -0.25) is 4.79 Å². The first-order valence-electron chi connectivity index (χ1n) is 8.08. The van der Waals surface area contributed by atoms with Crippen molar-refractivity contribution in [1.29, 1.82) is 0 Å². The Bertz CT molecular complexity index is 966. The van der Waals surface area contributed by atoms with Crippen LogP contribution in [0.5, 0.6) is 11.5 Å². The van der Waals surface area contributed by atoms with Crippen LogP contribution in [0, 0.1) is 0 Å². The smallest absolute Gasteiger partial charge is 0.195 e. The second-order valence-electron chi connectivity index (χ2n) is 5.59. The Balaban J connectivity index is 1.82. The van der Waals surface area contributed by atoms with Gasteiger partial charge >= 0.3 is 0 Å². The molecular formula is C21H16Cl2O3S. The van der Waals surface area contributed by atoms with E-state index in [0.717, 1.165) is 11.1 Å². The van der Waals surface area contributed by atoms with Crippen molar-refractivity contribution < 1.29 is 14.3 Å². The van der Waals surface area contributed by atoms with E-state index in [-0.39, 0.29) is 12.4 Å². The number of hydrogen-bond acceptors (Lipinski definition) is 4. The fourth-order valence-corrected chi connectivity index (χ4v) is 3.40. The molecule has 0 amide bonds. The summed E-state index contributed by atoms with van der Waals surface area (Å²) in [6.07, 6.45) is 3.27. The Labute approximate surface area is 171 Å². The Morgan fingerprint density at radius 2 is 1.96 bits per heavy atom. The number of halogens is 2. The maximum atomic E-state index is 12.2. The van der Waals surface area contributed by atoms with Crippen LogP contribution in [-0.4, -0.2) is 12.9 Å². The molecule has 138 valence electrons. The number of hydrogen-bond donors (Lipinski definition) is 0. The summed E-state index contributed by atoms with van der Waals surface area (Å²) in [5, 5.41) is 2.84. The summed E-state index contributed by atoms with van der Waals surface area (Å²) in [6.45, 7) is 0.289. The molecule has 3 nitrogen and oxygen atoms in total. The molecule has 27 heavy (non-hydrogen) atoms. The molecular weight excluding hydrogens is 403 g/mol. The molecule has 0 aliphatic heterocycles. The van der Waals surface area contributed by atoms with Gasteiger partial charge in [0.05, 0.1) is 22.0 Å². The number of allylic oxidation sites excluding steroid dienone is 1. The first-order chi connectivity index (χ1) is 13.1. The number of carbonyl (C=O) groups is 1. The van der Waals surface area contributed by atoms with Crippen LogP contribution in [0.1, 0.15) is 20.8 Å². The van der Waals surface area contributed by atoms with E-state index in [2.05, 4.69) is 0 Å². The monoisotopic (exact) mass is 418 g/mol. The second-order valence-corrected chi connectivity index (χ2v) is 7.35. The van der Waals surface area contributed by atoms with Crippen molar-refractivity contribution in [2.75, 3.05) is 7.11 Å². The summed E-state index contributed by atoms with van der Waals surface area (Å²) in [6, 6.07) is 14.5. The predicted octanol–water partition coefficient (Wildman–Crippen LogP) is 6.54. The molecule has 0 fully saturated rings. The molecule has 0 saturated carbocycles. The van der Waals surface area contributed by atoms with Gasteiger partial charge in [0.2, 0.25) is 0 Å². The Morgan fingerprint density at radius 3 is 2.67 bits per heavy atom. The number of benzene rings is 2. The van der Waals surface area contributed by atoms with E-state index in [9.17, 15) is 4.79 Å². The Morgan fingerprint density at radius 1 is 1.11 bits per heavy atom. The van der Waals surface area contributed by atoms with Crippen molar-refractivity contribution in [2.24, 2.45) is 0 Å². The van der Waals surface area contributed by atoms with Gasteiger partial charge < -0.3 is 9.47 Å². The summed E-state index contributed by atoms with van der Waals surface area (Å²) in [7, 11) is 1.58. The lowest BCUT2D eigenvalue weighted by Gasteiger charge is -2.13. The maximum absolute atomic E-state index is 12.2. The van der Waals surface area contributed by atoms with Gasteiger partial charge in [0.1, 0.15) is 6.61 Å². The van der Waals surface area contributed by atoms with Gasteiger partial charge in [0.25, 0.3) is 0 Å². The van der Waals surface area contributed by atoms with Gasteiger partial charge in [-0.2, -0.15) is 0 Å². The average Bonchev–Trinajstić information content (AvgIpc) is 3.22. The fourth-order valence-electron chi connectivity index (χ4n) is 2.43. The molecule has 0 aliphatic rings. The van der Waals surface area contributed by atoms with Gasteiger partial charge in [-0.05, 0) is 47.4 Å². The Hall–Kier alpha value is -2.27. The van der Waals surface area contributed by atoms with Crippen LogP contribution in [0.4, 0.5) is 0 Å². The number of carbonyl (C=O) groups excluding carboxylic acids is 1. The van der Waals surface area contributed by atoms with E-state index < -0.39 is 0 Å². The first-order valence-corrected chi connectivity index (χ1v) is 9.71. The number of para-hydroxylation sites is 1. The molecule has 0 unspecified atom stereocenters. The Kier molecular flexibility index (Phi) is 6.56. The number of methoxy groups -OCH3 is 1. The third-order valence-electron chi connectivity index (χ3n) is 3.77. The zero-order valence-electron chi connectivity index (χ0n) is 14.4. The van der Waals surface area contributed by atoms with Gasteiger partial charge in [0, 0.05) is 5.56 Å². The number of rotatable bonds is 7. The molecule has 0 aliphatic carbocycles. The minimum absolute atomic E-state index is 0.0525. The predicted molar refractivity (Wildman–Crippen MR) is 111 cm³/mol. The van der Waals surface area contributed by atoms with Gasteiger partial charge in [-0.15, -0.1) is 11.3 Å². The van der Waals surface area contributed by atoms with Gasteiger partial charge in [-0.25, -0.2) is 0 Å². The van der Waals surface area contributed by atoms with E-state index in [4.69, 9.17) is 32.7 Å². The van der Waals surface area contributed by atoms with Crippen LogP contribution in [0.3, 0.4) is 0 Å². The zero-order valence-corrected chi connectivity index (χ0v) is 16.8. The number of ketones is 1. The molecule has 1 heterocycles. The van der Waals surface area contributed by atoms with Crippen LogP contribution in [0.15, 0.2) is 60.0 Å². The van der Waals surface area contributed by atoms with E-state index in [1.807, 2.05) is 35.7 Å². The standard InChI is InChI=1S/C21H16Cl2O3S/c1-25-19-5-2-4-15(8-10-18(24)20-6-3-11-27-20)21(19)26-13-14-7-9-16(22)17(23)12-14/h2-12H,13H2,1H3/b10-8+. The summed E-state index contributed by atoms with van der Waals surface area (Å²) >= 11 is 13.4. The van der Waals surface area contributed by atoms with E-state index in [0.29, 0.717) is 26.4 Å². The first kappa shape index (κ1) is 19.5. The van der Waals surface area contributed by atoms with E-state index in [1.165, 1.54) is 17.4 Å². The lowest BCUT2D eigenvalue weighted by Crippen LogP contribution is -2.00. The van der Waals surface area contributed by atoms with Gasteiger partial charge in [-0.1, -0.05) is 47.5 Å². The van der Waals surface area contributed by atoms with Crippen LogP contribution in [-0.2, 0) is 6.61 Å². The molecule has 0 radical (unpaired) electrons. The molecule has 0 bridgehead atoms. The van der Waals surface area contributed by atoms with Crippen molar-refractivity contribution >= 4 is 46.4 Å². The lowest BCUT2D eigenvalue weighted by molar-refractivity contribution is 0.105. The molecule has 1 aromatic heterocycles. The molecule has 0 atom stereocenters. The highest BCUT2D eigenvalue weighted by Crippen LogP contribution is 2.33. The molecule has 0 spiro atoms. The highest BCUT2D eigenvalue weighted by Gasteiger charge is 2.11. The van der Waals surface area contributed by atoms with Crippen LogP contribution >= 0.6 is 34.5 Å². The largest absolute Gasteiger partial charge is 0.493 e. The van der Waals surface area contributed by atoms with Crippen molar-refractivity contribution in [3.8, 4) is 11.5 Å². The minimum Gasteiger partial charge on any atom is -0.493 e. The normalized spacial score (nSPS) is 10.9.